The van der Waals surface area contributed by atoms with Gasteiger partial charge in [-0.25, -0.2) is 9.37 Å². The molecule has 0 spiro atoms. The molecule has 0 bridgehead atoms. The first kappa shape index (κ1) is 13.3. The third-order valence-corrected chi connectivity index (χ3v) is 3.70. The summed E-state index contributed by atoms with van der Waals surface area (Å²) in [5.74, 6) is 0.966. The van der Waals surface area contributed by atoms with Crippen LogP contribution < -0.4 is 5.32 Å². The average molecular weight is 306 g/mol. The predicted molar refractivity (Wildman–Crippen MR) is 84.6 cm³/mol. The number of nitrogens with one attached hydrogen (secondary N) is 1. The Hall–Kier alpha value is -3.33. The molecular weight excluding hydrogens is 295 g/mol. The van der Waals surface area contributed by atoms with E-state index < -0.39 is 0 Å². The number of hydrogen-bond donors (Lipinski definition) is 1. The molecule has 1 N–H and O–H groups in total. The van der Waals surface area contributed by atoms with Gasteiger partial charge in [0.15, 0.2) is 5.76 Å². The van der Waals surface area contributed by atoms with E-state index in [9.17, 15) is 4.39 Å². The minimum Gasteiger partial charge on any atom is -0.454 e. The zero-order chi connectivity index (χ0) is 16.0. The summed E-state index contributed by atoms with van der Waals surface area (Å²) in [6.45, 7) is 0. The molecule has 112 valence electrons. The molecule has 0 aliphatic heterocycles. The molecule has 0 radical (unpaired) electrons. The van der Waals surface area contributed by atoms with Gasteiger partial charge in [0.05, 0.1) is 11.6 Å². The van der Waals surface area contributed by atoms with Crippen molar-refractivity contribution in [3.8, 4) is 17.5 Å². The van der Waals surface area contributed by atoms with Crippen molar-refractivity contribution in [2.75, 3.05) is 12.4 Å². The van der Waals surface area contributed by atoms with Crippen molar-refractivity contribution in [2.45, 2.75) is 0 Å². The smallest absolute Gasteiger partial charge is 0.157 e. The van der Waals surface area contributed by atoms with Gasteiger partial charge in [-0.15, -0.1) is 0 Å². The first-order chi connectivity index (χ1) is 11.2. The second-order valence-corrected chi connectivity index (χ2v) is 5.11. The number of aromatic nitrogens is 2. The molecule has 0 saturated heterocycles. The third-order valence-electron chi connectivity index (χ3n) is 3.70. The lowest BCUT2D eigenvalue weighted by Gasteiger charge is -2.01. The van der Waals surface area contributed by atoms with Crippen LogP contribution in [0.5, 0.6) is 0 Å². The van der Waals surface area contributed by atoms with Gasteiger partial charge in [-0.05, 0) is 36.4 Å². The van der Waals surface area contributed by atoms with Crippen LogP contribution in [0, 0.1) is 17.1 Å². The number of nitrogens with zero attached hydrogens (tertiary/aromatic N) is 3. The number of pyridine rings is 1. The lowest BCUT2D eigenvalue weighted by Crippen LogP contribution is -1.95. The van der Waals surface area contributed by atoms with Gasteiger partial charge in [0.2, 0.25) is 0 Å². The molecule has 4 rings (SSSR count). The summed E-state index contributed by atoms with van der Waals surface area (Å²) in [4.78, 5) is 4.54. The molecule has 0 amide bonds. The largest absolute Gasteiger partial charge is 0.454 e. The van der Waals surface area contributed by atoms with E-state index >= 15 is 0 Å². The summed E-state index contributed by atoms with van der Waals surface area (Å²) in [5, 5.41) is 12.8. The van der Waals surface area contributed by atoms with Gasteiger partial charge >= 0.3 is 0 Å². The van der Waals surface area contributed by atoms with Crippen molar-refractivity contribution in [1.82, 2.24) is 9.38 Å². The number of imidazole rings is 1. The normalized spacial score (nSPS) is 11.0. The van der Waals surface area contributed by atoms with Gasteiger partial charge in [0, 0.05) is 18.6 Å². The summed E-state index contributed by atoms with van der Waals surface area (Å²) in [6.07, 6.45) is 1.78. The Morgan fingerprint density at radius 3 is 2.91 bits per heavy atom. The van der Waals surface area contributed by atoms with Crippen molar-refractivity contribution in [3.63, 3.8) is 0 Å². The zero-order valence-electron chi connectivity index (χ0n) is 12.2. The summed E-state index contributed by atoms with van der Waals surface area (Å²) >= 11 is 0. The Kier molecular flexibility index (Phi) is 2.81. The van der Waals surface area contributed by atoms with E-state index in [2.05, 4.69) is 16.4 Å². The monoisotopic (exact) mass is 306 g/mol. The maximum atomic E-state index is 13.3. The van der Waals surface area contributed by atoms with Gasteiger partial charge < -0.3 is 9.73 Å². The van der Waals surface area contributed by atoms with E-state index in [-0.39, 0.29) is 5.82 Å². The Balaban J connectivity index is 1.97. The first-order valence-electron chi connectivity index (χ1n) is 6.99. The molecule has 23 heavy (non-hydrogen) atoms. The van der Waals surface area contributed by atoms with Crippen LogP contribution in [-0.2, 0) is 0 Å². The van der Waals surface area contributed by atoms with Crippen LogP contribution in [-0.4, -0.2) is 16.4 Å². The number of furan rings is 1. The van der Waals surface area contributed by atoms with E-state index in [0.717, 1.165) is 5.82 Å². The second kappa shape index (κ2) is 4.85. The van der Waals surface area contributed by atoms with Crippen LogP contribution in [0.3, 0.4) is 0 Å². The van der Waals surface area contributed by atoms with Crippen molar-refractivity contribution < 1.29 is 8.81 Å². The van der Waals surface area contributed by atoms with Crippen molar-refractivity contribution >= 4 is 22.4 Å². The highest BCUT2D eigenvalue weighted by atomic mass is 19.1. The molecule has 1 aromatic carbocycles. The quantitative estimate of drug-likeness (QED) is 0.611. The van der Waals surface area contributed by atoms with Crippen LogP contribution >= 0.6 is 0 Å². The highest BCUT2D eigenvalue weighted by Crippen LogP contribution is 2.33. The van der Waals surface area contributed by atoms with Gasteiger partial charge in [-0.2, -0.15) is 5.26 Å². The molecule has 0 aliphatic carbocycles. The fourth-order valence-corrected chi connectivity index (χ4v) is 2.66. The fraction of sp³-hybridized carbons (Fsp3) is 0.0588. The molecule has 3 heterocycles. The molecule has 0 fully saturated rings. The van der Waals surface area contributed by atoms with Gasteiger partial charge in [0.25, 0.3) is 0 Å². The topological polar surface area (TPSA) is 66.3 Å². The minimum atomic E-state index is -0.313. The average Bonchev–Trinajstić information content (AvgIpc) is 3.13. The number of nitriles is 1. The van der Waals surface area contributed by atoms with E-state index in [4.69, 9.17) is 9.68 Å². The zero-order valence-corrected chi connectivity index (χ0v) is 12.2. The number of fused-ring (bicyclic) bond motifs is 2. The van der Waals surface area contributed by atoms with E-state index in [1.807, 2.05) is 4.40 Å². The molecule has 0 saturated carbocycles. The molecule has 6 heteroatoms. The summed E-state index contributed by atoms with van der Waals surface area (Å²) in [5.41, 5.74) is 2.37. The lowest BCUT2D eigenvalue weighted by molar-refractivity contribution is 0.618. The highest BCUT2D eigenvalue weighted by Gasteiger charge is 2.17. The van der Waals surface area contributed by atoms with Gasteiger partial charge in [-0.3, -0.25) is 4.40 Å². The molecule has 5 nitrogen and oxygen atoms in total. The Morgan fingerprint density at radius 2 is 2.13 bits per heavy atom. The standard InChI is InChI=1S/C17H11FN4O/c1-20-17-16(21-15-6-10(9-19)4-5-22(15)17)14-8-11-7-12(18)2-3-13(11)23-14/h2-8,20H,1H3. The fourth-order valence-electron chi connectivity index (χ4n) is 2.66. The summed E-state index contributed by atoms with van der Waals surface area (Å²) < 4.78 is 21.0. The molecule has 0 unspecified atom stereocenters. The van der Waals surface area contributed by atoms with E-state index in [0.29, 0.717) is 33.6 Å². The second-order valence-electron chi connectivity index (χ2n) is 5.11. The maximum Gasteiger partial charge on any atom is 0.157 e. The minimum absolute atomic E-state index is 0.313. The van der Waals surface area contributed by atoms with Crippen LogP contribution in [0.4, 0.5) is 10.2 Å². The Morgan fingerprint density at radius 1 is 1.26 bits per heavy atom. The van der Waals surface area contributed by atoms with Crippen LogP contribution in [0.15, 0.2) is 47.0 Å². The van der Waals surface area contributed by atoms with Crippen molar-refractivity contribution in [3.05, 3.63) is 54.0 Å². The predicted octanol–water partition coefficient (Wildman–Crippen LogP) is 3.80. The van der Waals surface area contributed by atoms with E-state index in [1.165, 1.54) is 12.1 Å². The molecular formula is C17H11FN4O. The number of hydrogen-bond acceptors (Lipinski definition) is 4. The third kappa shape index (κ3) is 2.02. The molecule has 0 atom stereocenters. The molecule has 3 aromatic heterocycles. The number of benzene rings is 1. The van der Waals surface area contributed by atoms with Crippen LogP contribution in [0.25, 0.3) is 28.1 Å². The van der Waals surface area contributed by atoms with Crippen LogP contribution in [0.1, 0.15) is 5.56 Å². The van der Waals surface area contributed by atoms with Gasteiger partial charge in [0.1, 0.15) is 28.6 Å². The van der Waals surface area contributed by atoms with Crippen molar-refractivity contribution in [1.29, 1.82) is 5.26 Å². The van der Waals surface area contributed by atoms with E-state index in [1.54, 1.807) is 37.5 Å². The Bertz CT molecular complexity index is 1090. The molecule has 4 aromatic rings. The lowest BCUT2D eigenvalue weighted by atomic mass is 10.2. The van der Waals surface area contributed by atoms with Gasteiger partial charge in [-0.1, -0.05) is 0 Å². The number of anilines is 1. The van der Waals surface area contributed by atoms with Crippen molar-refractivity contribution in [2.24, 2.45) is 0 Å². The van der Waals surface area contributed by atoms with Crippen LogP contribution in [0.2, 0.25) is 0 Å². The summed E-state index contributed by atoms with van der Waals surface area (Å²) in [6, 6.07) is 11.6. The molecule has 0 aliphatic rings. The first-order valence-corrected chi connectivity index (χ1v) is 6.99. The summed E-state index contributed by atoms with van der Waals surface area (Å²) in [7, 11) is 1.79. The maximum absolute atomic E-state index is 13.3. The Labute approximate surface area is 130 Å². The number of halogens is 1. The highest BCUT2D eigenvalue weighted by molar-refractivity contribution is 5.85. The SMILES string of the molecule is CNc1c(-c2cc3cc(F)ccc3o2)nc2cc(C#N)ccn12. The number of rotatable bonds is 2.